The Morgan fingerprint density at radius 1 is 1.03 bits per heavy atom. The molecule has 2 aromatic carbocycles. The van der Waals surface area contributed by atoms with Gasteiger partial charge in [-0.1, -0.05) is 54.1 Å². The fourth-order valence-corrected chi connectivity index (χ4v) is 4.78. The molecule has 0 saturated carbocycles. The number of carbonyl (C=O) groups is 1. The van der Waals surface area contributed by atoms with Crippen molar-refractivity contribution in [1.82, 2.24) is 4.90 Å². The number of amides is 1. The zero-order valence-electron chi connectivity index (χ0n) is 16.2. The van der Waals surface area contributed by atoms with Gasteiger partial charge in [-0.15, -0.1) is 11.3 Å². The summed E-state index contributed by atoms with van der Waals surface area (Å²) in [5.74, 6) is 1.45. The Kier molecular flexibility index (Phi) is 6.53. The van der Waals surface area contributed by atoms with Gasteiger partial charge in [0.2, 0.25) is 0 Å². The summed E-state index contributed by atoms with van der Waals surface area (Å²) in [5, 5.41) is 2.59. The smallest absolute Gasteiger partial charge is 0.263 e. The van der Waals surface area contributed by atoms with E-state index in [9.17, 15) is 4.79 Å². The minimum absolute atomic E-state index is 0.136. The molecule has 150 valence electrons. The molecule has 1 fully saturated rings. The van der Waals surface area contributed by atoms with Gasteiger partial charge in [-0.05, 0) is 54.3 Å². The number of rotatable bonds is 6. The average molecular weight is 426 g/mol. The van der Waals surface area contributed by atoms with Crippen LogP contribution in [-0.4, -0.2) is 23.9 Å². The fourth-order valence-electron chi connectivity index (χ4n) is 3.73. The Morgan fingerprint density at radius 3 is 2.52 bits per heavy atom. The molecule has 1 saturated heterocycles. The zero-order chi connectivity index (χ0) is 20.1. The second-order valence-electron chi connectivity index (χ2n) is 7.46. The first kappa shape index (κ1) is 20.0. The topological polar surface area (TPSA) is 29.5 Å². The first-order valence-corrected chi connectivity index (χ1v) is 11.2. The van der Waals surface area contributed by atoms with Gasteiger partial charge >= 0.3 is 0 Å². The normalized spacial score (nSPS) is 14.7. The summed E-state index contributed by atoms with van der Waals surface area (Å²) in [7, 11) is 0. The van der Waals surface area contributed by atoms with Crippen LogP contribution in [0.4, 0.5) is 0 Å². The van der Waals surface area contributed by atoms with E-state index in [1.54, 1.807) is 6.07 Å². The van der Waals surface area contributed by atoms with E-state index in [-0.39, 0.29) is 5.91 Å². The molecule has 0 N–H and O–H groups in total. The van der Waals surface area contributed by atoms with Crippen molar-refractivity contribution in [3.8, 4) is 5.75 Å². The van der Waals surface area contributed by atoms with Crippen LogP contribution in [0.1, 0.15) is 33.6 Å². The number of halogens is 1. The summed E-state index contributed by atoms with van der Waals surface area (Å²) in [6.07, 6.45) is 3.23. The number of para-hydroxylation sites is 1. The highest BCUT2D eigenvalue weighted by Crippen LogP contribution is 2.27. The summed E-state index contributed by atoms with van der Waals surface area (Å²) in [6, 6.07) is 20.0. The summed E-state index contributed by atoms with van der Waals surface area (Å²) in [4.78, 5) is 15.7. The summed E-state index contributed by atoms with van der Waals surface area (Å²) >= 11 is 7.62. The minimum atomic E-state index is 0.136. The standard InChI is InChI=1S/C24H24ClNO2S/c25-21-8-4-5-9-22(21)28-16-20-15-23(29-17-20)24(27)26-12-10-19(11-13-26)14-18-6-2-1-3-7-18/h1-9,15,17,19H,10-14,16H2. The fraction of sp³-hybridized carbons (Fsp3) is 0.292. The molecule has 0 atom stereocenters. The van der Waals surface area contributed by atoms with Crippen molar-refractivity contribution < 1.29 is 9.53 Å². The number of benzene rings is 2. The number of carbonyl (C=O) groups excluding carboxylic acids is 1. The third kappa shape index (κ3) is 5.20. The molecule has 29 heavy (non-hydrogen) atoms. The van der Waals surface area contributed by atoms with Crippen molar-refractivity contribution in [1.29, 1.82) is 0 Å². The molecule has 4 rings (SSSR count). The van der Waals surface area contributed by atoms with E-state index in [2.05, 4.69) is 30.3 Å². The number of nitrogens with zero attached hydrogens (tertiary/aromatic N) is 1. The molecular formula is C24H24ClNO2S. The molecule has 1 aromatic heterocycles. The van der Waals surface area contributed by atoms with Crippen LogP contribution in [-0.2, 0) is 13.0 Å². The van der Waals surface area contributed by atoms with E-state index < -0.39 is 0 Å². The molecule has 3 nitrogen and oxygen atoms in total. The van der Waals surface area contributed by atoms with E-state index in [0.717, 1.165) is 42.8 Å². The monoisotopic (exact) mass is 425 g/mol. The molecule has 5 heteroatoms. The van der Waals surface area contributed by atoms with Crippen LogP contribution in [0.5, 0.6) is 5.75 Å². The maximum Gasteiger partial charge on any atom is 0.263 e. The lowest BCUT2D eigenvalue weighted by molar-refractivity contribution is 0.0695. The van der Waals surface area contributed by atoms with E-state index >= 15 is 0 Å². The van der Waals surface area contributed by atoms with Crippen molar-refractivity contribution in [2.75, 3.05) is 13.1 Å². The van der Waals surface area contributed by atoms with Crippen LogP contribution in [0.25, 0.3) is 0 Å². The summed E-state index contributed by atoms with van der Waals surface area (Å²) in [5.41, 5.74) is 2.39. The Hall–Kier alpha value is -2.30. The van der Waals surface area contributed by atoms with Crippen molar-refractivity contribution >= 4 is 28.8 Å². The number of piperidine rings is 1. The molecule has 0 bridgehead atoms. The van der Waals surface area contributed by atoms with Crippen LogP contribution in [0.2, 0.25) is 5.02 Å². The number of ether oxygens (including phenoxy) is 1. The second-order valence-corrected chi connectivity index (χ2v) is 8.78. The maximum absolute atomic E-state index is 12.9. The Labute approximate surface area is 180 Å². The van der Waals surface area contributed by atoms with Crippen LogP contribution in [0, 0.1) is 5.92 Å². The van der Waals surface area contributed by atoms with Crippen molar-refractivity contribution in [2.24, 2.45) is 5.92 Å². The van der Waals surface area contributed by atoms with Crippen molar-refractivity contribution in [3.63, 3.8) is 0 Å². The van der Waals surface area contributed by atoms with Gasteiger partial charge in [0.1, 0.15) is 12.4 Å². The molecule has 3 aromatic rings. The van der Waals surface area contributed by atoms with Crippen molar-refractivity contribution in [3.05, 3.63) is 87.1 Å². The van der Waals surface area contributed by atoms with Gasteiger partial charge in [0.25, 0.3) is 5.91 Å². The number of thiophene rings is 1. The van der Waals surface area contributed by atoms with Crippen LogP contribution >= 0.6 is 22.9 Å². The molecule has 1 amide bonds. The average Bonchev–Trinajstić information content (AvgIpc) is 3.23. The van der Waals surface area contributed by atoms with E-state index in [0.29, 0.717) is 23.3 Å². The first-order valence-electron chi connectivity index (χ1n) is 9.97. The molecule has 0 spiro atoms. The highest BCUT2D eigenvalue weighted by atomic mass is 35.5. The summed E-state index contributed by atoms with van der Waals surface area (Å²) < 4.78 is 5.78. The van der Waals surface area contributed by atoms with Crippen LogP contribution in [0.15, 0.2) is 66.0 Å². The SMILES string of the molecule is O=C(c1cc(COc2ccccc2Cl)cs1)N1CCC(Cc2ccccc2)CC1. The van der Waals surface area contributed by atoms with E-state index in [1.807, 2.05) is 34.5 Å². The first-order chi connectivity index (χ1) is 14.2. The van der Waals surface area contributed by atoms with Gasteiger partial charge in [0.15, 0.2) is 0 Å². The lowest BCUT2D eigenvalue weighted by atomic mass is 9.90. The minimum Gasteiger partial charge on any atom is -0.487 e. The third-order valence-corrected chi connectivity index (χ3v) is 6.64. The van der Waals surface area contributed by atoms with Gasteiger partial charge in [-0.2, -0.15) is 0 Å². The van der Waals surface area contributed by atoms with Gasteiger partial charge in [0, 0.05) is 18.7 Å². The Balaban J connectivity index is 1.29. The highest BCUT2D eigenvalue weighted by molar-refractivity contribution is 7.12. The molecule has 0 unspecified atom stereocenters. The second kappa shape index (κ2) is 9.47. The summed E-state index contributed by atoms with van der Waals surface area (Å²) in [6.45, 7) is 2.08. The highest BCUT2D eigenvalue weighted by Gasteiger charge is 2.24. The van der Waals surface area contributed by atoms with Gasteiger partial charge in [0.05, 0.1) is 9.90 Å². The molecule has 1 aliphatic heterocycles. The van der Waals surface area contributed by atoms with Gasteiger partial charge in [-0.25, -0.2) is 0 Å². The Morgan fingerprint density at radius 2 is 1.76 bits per heavy atom. The molecule has 2 heterocycles. The van der Waals surface area contributed by atoms with Gasteiger partial charge < -0.3 is 9.64 Å². The maximum atomic E-state index is 12.9. The van der Waals surface area contributed by atoms with Gasteiger partial charge in [-0.3, -0.25) is 4.79 Å². The van der Waals surface area contributed by atoms with Crippen molar-refractivity contribution in [2.45, 2.75) is 25.9 Å². The predicted octanol–water partition coefficient (Wildman–Crippen LogP) is 6.08. The zero-order valence-corrected chi connectivity index (χ0v) is 17.8. The lowest BCUT2D eigenvalue weighted by Crippen LogP contribution is -2.38. The Bertz CT molecular complexity index is 948. The van der Waals surface area contributed by atoms with E-state index in [4.69, 9.17) is 16.3 Å². The van der Waals surface area contributed by atoms with E-state index in [1.165, 1.54) is 16.9 Å². The molecule has 0 radical (unpaired) electrons. The predicted molar refractivity (Wildman–Crippen MR) is 119 cm³/mol. The number of hydrogen-bond acceptors (Lipinski definition) is 3. The number of likely N-dealkylation sites (tertiary alicyclic amines) is 1. The molecule has 0 aliphatic carbocycles. The largest absolute Gasteiger partial charge is 0.487 e. The quantitative estimate of drug-likeness (QED) is 0.479. The van der Waals surface area contributed by atoms with Crippen LogP contribution < -0.4 is 4.74 Å². The number of hydrogen-bond donors (Lipinski definition) is 0. The van der Waals surface area contributed by atoms with Crippen LogP contribution in [0.3, 0.4) is 0 Å². The molecule has 1 aliphatic rings. The molecular weight excluding hydrogens is 402 g/mol. The lowest BCUT2D eigenvalue weighted by Gasteiger charge is -2.31. The third-order valence-electron chi connectivity index (χ3n) is 5.36.